The Kier molecular flexibility index (Phi) is 4.01. The molecule has 0 amide bonds. The summed E-state index contributed by atoms with van der Waals surface area (Å²) in [6.07, 6.45) is 9.41. The van der Waals surface area contributed by atoms with E-state index in [9.17, 15) is 0 Å². The molecule has 1 aromatic heterocycles. The summed E-state index contributed by atoms with van der Waals surface area (Å²) in [7, 11) is 0. The van der Waals surface area contributed by atoms with Gasteiger partial charge in [0.05, 0.1) is 12.5 Å². The molecule has 0 radical (unpaired) electrons. The predicted molar refractivity (Wildman–Crippen MR) is 72.3 cm³/mol. The average Bonchev–Trinajstić information content (AvgIpc) is 3.29. The summed E-state index contributed by atoms with van der Waals surface area (Å²) in [5.41, 5.74) is 1.24. The predicted octanol–water partition coefficient (Wildman–Crippen LogP) is 2.49. The van der Waals surface area contributed by atoms with Crippen molar-refractivity contribution in [2.24, 2.45) is 11.8 Å². The third-order valence-corrected chi connectivity index (χ3v) is 3.94. The van der Waals surface area contributed by atoms with Crippen LogP contribution in [0.15, 0.2) is 23.0 Å². The highest BCUT2D eigenvalue weighted by Gasteiger charge is 2.28. The molecule has 0 bridgehead atoms. The van der Waals surface area contributed by atoms with Gasteiger partial charge >= 0.3 is 0 Å². The summed E-state index contributed by atoms with van der Waals surface area (Å²) in [6, 6.07) is 2.03. The molecular formula is C15H24N2O. The molecule has 3 nitrogen and oxygen atoms in total. The monoisotopic (exact) mass is 248 g/mol. The van der Waals surface area contributed by atoms with Gasteiger partial charge in [-0.25, -0.2) is 0 Å². The van der Waals surface area contributed by atoms with Crippen LogP contribution in [0.25, 0.3) is 0 Å². The average molecular weight is 248 g/mol. The van der Waals surface area contributed by atoms with Crippen LogP contribution in [-0.2, 0) is 6.54 Å². The fourth-order valence-electron chi connectivity index (χ4n) is 2.45. The molecule has 3 rings (SSSR count). The van der Waals surface area contributed by atoms with Crippen molar-refractivity contribution in [2.45, 2.75) is 32.2 Å². The maximum atomic E-state index is 5.06. The van der Waals surface area contributed by atoms with Gasteiger partial charge in [0.1, 0.15) is 0 Å². The molecule has 1 aromatic rings. The highest BCUT2D eigenvalue weighted by atomic mass is 16.3. The number of furan rings is 1. The molecule has 100 valence electrons. The number of nitrogens with zero attached hydrogens (tertiary/aromatic N) is 1. The van der Waals surface area contributed by atoms with Crippen molar-refractivity contribution < 1.29 is 4.42 Å². The Balaban J connectivity index is 1.33. The van der Waals surface area contributed by atoms with Crippen LogP contribution in [0.5, 0.6) is 0 Å². The third-order valence-electron chi connectivity index (χ3n) is 3.94. The van der Waals surface area contributed by atoms with Crippen molar-refractivity contribution in [1.29, 1.82) is 0 Å². The molecule has 2 saturated carbocycles. The quantitative estimate of drug-likeness (QED) is 0.681. The lowest BCUT2D eigenvalue weighted by molar-refractivity contribution is 0.252. The summed E-state index contributed by atoms with van der Waals surface area (Å²) in [5.74, 6) is 2.02. The molecule has 2 fully saturated rings. The SMILES string of the molecule is c1cc(CNCCN(CC2CC2)CC2CC2)co1. The molecule has 3 heteroatoms. The Morgan fingerprint density at radius 3 is 2.44 bits per heavy atom. The largest absolute Gasteiger partial charge is 0.472 e. The van der Waals surface area contributed by atoms with E-state index in [1.165, 1.54) is 50.9 Å². The molecule has 2 aliphatic rings. The van der Waals surface area contributed by atoms with Gasteiger partial charge in [0.25, 0.3) is 0 Å². The molecule has 1 N–H and O–H groups in total. The highest BCUT2D eigenvalue weighted by molar-refractivity contribution is 5.04. The maximum absolute atomic E-state index is 5.06. The summed E-state index contributed by atoms with van der Waals surface area (Å²) in [6.45, 7) is 5.89. The van der Waals surface area contributed by atoms with E-state index in [0.717, 1.165) is 24.9 Å². The molecule has 0 atom stereocenters. The van der Waals surface area contributed by atoms with Gasteiger partial charge in [-0.3, -0.25) is 0 Å². The topological polar surface area (TPSA) is 28.4 Å². The standard InChI is InChI=1S/C15H24N2O/c1-2-13(1)10-17(11-14-3-4-14)7-6-16-9-15-5-8-18-12-15/h5,8,12-14,16H,1-4,6-7,9-11H2. The Morgan fingerprint density at radius 1 is 1.17 bits per heavy atom. The first kappa shape index (κ1) is 12.2. The van der Waals surface area contributed by atoms with Crippen molar-refractivity contribution >= 4 is 0 Å². The van der Waals surface area contributed by atoms with Gasteiger partial charge in [0.2, 0.25) is 0 Å². The lowest BCUT2D eigenvalue weighted by Gasteiger charge is -2.22. The maximum Gasteiger partial charge on any atom is 0.0947 e. The second kappa shape index (κ2) is 5.89. The summed E-state index contributed by atoms with van der Waals surface area (Å²) < 4.78 is 5.06. The van der Waals surface area contributed by atoms with Gasteiger partial charge in [0, 0.05) is 38.3 Å². The van der Waals surface area contributed by atoms with E-state index in [1.807, 2.05) is 12.3 Å². The second-order valence-corrected chi connectivity index (χ2v) is 5.95. The Hall–Kier alpha value is -0.800. The minimum absolute atomic E-state index is 0.928. The van der Waals surface area contributed by atoms with E-state index >= 15 is 0 Å². The Labute approximate surface area is 110 Å². The van der Waals surface area contributed by atoms with Gasteiger partial charge in [-0.15, -0.1) is 0 Å². The van der Waals surface area contributed by atoms with Crippen molar-refractivity contribution in [3.63, 3.8) is 0 Å². The van der Waals surface area contributed by atoms with E-state index in [4.69, 9.17) is 4.42 Å². The zero-order chi connectivity index (χ0) is 12.2. The minimum atomic E-state index is 0.928. The second-order valence-electron chi connectivity index (χ2n) is 5.95. The fourth-order valence-corrected chi connectivity index (χ4v) is 2.45. The normalized spacial score (nSPS) is 19.6. The van der Waals surface area contributed by atoms with E-state index in [1.54, 1.807) is 6.26 Å². The Morgan fingerprint density at radius 2 is 1.89 bits per heavy atom. The van der Waals surface area contributed by atoms with Crippen molar-refractivity contribution in [2.75, 3.05) is 26.2 Å². The van der Waals surface area contributed by atoms with Gasteiger partial charge in [0.15, 0.2) is 0 Å². The van der Waals surface area contributed by atoms with Crippen LogP contribution >= 0.6 is 0 Å². The zero-order valence-electron chi connectivity index (χ0n) is 11.1. The van der Waals surface area contributed by atoms with Crippen LogP contribution in [0, 0.1) is 11.8 Å². The first-order valence-corrected chi connectivity index (χ1v) is 7.34. The van der Waals surface area contributed by atoms with Crippen LogP contribution in [-0.4, -0.2) is 31.1 Å². The van der Waals surface area contributed by atoms with E-state index < -0.39 is 0 Å². The first-order chi connectivity index (χ1) is 8.90. The summed E-state index contributed by atoms with van der Waals surface area (Å²) >= 11 is 0. The van der Waals surface area contributed by atoms with E-state index in [-0.39, 0.29) is 0 Å². The number of hydrogen-bond acceptors (Lipinski definition) is 3. The van der Waals surface area contributed by atoms with E-state index in [0.29, 0.717) is 0 Å². The molecule has 18 heavy (non-hydrogen) atoms. The van der Waals surface area contributed by atoms with Crippen LogP contribution in [0.3, 0.4) is 0 Å². The third kappa shape index (κ3) is 4.14. The molecule has 0 spiro atoms. The highest BCUT2D eigenvalue weighted by Crippen LogP contribution is 2.33. The lowest BCUT2D eigenvalue weighted by Crippen LogP contribution is -2.34. The summed E-state index contributed by atoms with van der Waals surface area (Å²) in [5, 5.41) is 3.50. The van der Waals surface area contributed by atoms with Crippen LogP contribution in [0.1, 0.15) is 31.2 Å². The van der Waals surface area contributed by atoms with E-state index in [2.05, 4.69) is 10.2 Å². The molecular weight excluding hydrogens is 224 g/mol. The van der Waals surface area contributed by atoms with Gasteiger partial charge in [-0.2, -0.15) is 0 Å². The molecule has 0 unspecified atom stereocenters. The lowest BCUT2D eigenvalue weighted by atomic mass is 10.3. The van der Waals surface area contributed by atoms with Crippen LogP contribution in [0.4, 0.5) is 0 Å². The molecule has 1 heterocycles. The number of nitrogens with one attached hydrogen (secondary N) is 1. The van der Waals surface area contributed by atoms with Gasteiger partial charge in [-0.1, -0.05) is 0 Å². The fraction of sp³-hybridized carbons (Fsp3) is 0.733. The van der Waals surface area contributed by atoms with Crippen molar-refractivity contribution in [1.82, 2.24) is 10.2 Å². The van der Waals surface area contributed by atoms with Crippen molar-refractivity contribution in [3.8, 4) is 0 Å². The minimum Gasteiger partial charge on any atom is -0.472 e. The number of hydrogen-bond donors (Lipinski definition) is 1. The zero-order valence-corrected chi connectivity index (χ0v) is 11.1. The number of rotatable bonds is 9. The molecule has 2 aliphatic carbocycles. The van der Waals surface area contributed by atoms with Crippen molar-refractivity contribution in [3.05, 3.63) is 24.2 Å². The molecule has 0 saturated heterocycles. The smallest absolute Gasteiger partial charge is 0.0947 e. The van der Waals surface area contributed by atoms with Crippen LogP contribution < -0.4 is 5.32 Å². The van der Waals surface area contributed by atoms with Gasteiger partial charge in [-0.05, 0) is 43.6 Å². The summed E-state index contributed by atoms with van der Waals surface area (Å²) in [4.78, 5) is 2.68. The molecule has 0 aliphatic heterocycles. The van der Waals surface area contributed by atoms with Crippen LogP contribution in [0.2, 0.25) is 0 Å². The van der Waals surface area contributed by atoms with Gasteiger partial charge < -0.3 is 14.6 Å². The Bertz CT molecular complexity index is 327. The molecule has 0 aromatic carbocycles. The first-order valence-electron chi connectivity index (χ1n) is 7.34.